The summed E-state index contributed by atoms with van der Waals surface area (Å²) >= 11 is 0. The number of amides is 9. The second kappa shape index (κ2) is 29.8. The zero-order valence-electron chi connectivity index (χ0n) is 40.5. The predicted molar refractivity (Wildman–Crippen MR) is 259 cm³/mol. The summed E-state index contributed by atoms with van der Waals surface area (Å²) in [6.45, 7) is 1.07. The highest BCUT2D eigenvalue weighted by molar-refractivity contribution is 5.98. The third kappa shape index (κ3) is 20.7. The van der Waals surface area contributed by atoms with Crippen molar-refractivity contribution in [1.82, 2.24) is 47.5 Å². The molecule has 1 aromatic heterocycles. The van der Waals surface area contributed by atoms with Crippen molar-refractivity contribution in [2.24, 2.45) is 17.4 Å². The number of rotatable bonds is 32. The maximum absolute atomic E-state index is 14.3. The minimum atomic E-state index is -1.96. The van der Waals surface area contributed by atoms with Gasteiger partial charge in [-0.3, -0.25) is 52.7 Å². The van der Waals surface area contributed by atoms with Crippen LogP contribution in [0, 0.1) is 5.92 Å². The van der Waals surface area contributed by atoms with Gasteiger partial charge in [-0.25, -0.2) is 4.79 Å². The Kier molecular flexibility index (Phi) is 24.1. The molecule has 74 heavy (non-hydrogen) atoms. The molecule has 7 unspecified atom stereocenters. The summed E-state index contributed by atoms with van der Waals surface area (Å²) < 4.78 is 0. The molecular formula is C47H63N11O16. The van der Waals surface area contributed by atoms with Gasteiger partial charge in [0, 0.05) is 42.8 Å². The van der Waals surface area contributed by atoms with E-state index in [0.717, 1.165) is 0 Å². The Balaban J connectivity index is 1.82. The van der Waals surface area contributed by atoms with Crippen LogP contribution in [0.2, 0.25) is 0 Å². The summed E-state index contributed by atoms with van der Waals surface area (Å²) in [4.78, 5) is 157. The van der Waals surface area contributed by atoms with Crippen molar-refractivity contribution >= 4 is 82.0 Å². The number of H-pyrrole nitrogens is 1. The van der Waals surface area contributed by atoms with E-state index in [1.807, 2.05) is 0 Å². The number of aliphatic carboxylic acids is 3. The highest BCUT2D eigenvalue weighted by Gasteiger charge is 2.34. The van der Waals surface area contributed by atoms with E-state index in [1.165, 1.54) is 0 Å². The molecular weight excluding hydrogens is 975 g/mol. The molecule has 0 aliphatic rings. The number of para-hydroxylation sites is 1. The van der Waals surface area contributed by atoms with Gasteiger partial charge in [0.05, 0.1) is 26.1 Å². The Labute approximate surface area is 423 Å². The molecule has 27 nitrogen and oxygen atoms in total. The lowest BCUT2D eigenvalue weighted by molar-refractivity contribution is -0.143. The van der Waals surface area contributed by atoms with Gasteiger partial charge in [-0.2, -0.15) is 0 Å². The number of fused-ring (bicyclic) bond motifs is 1. The van der Waals surface area contributed by atoms with Crippen LogP contribution < -0.4 is 54.0 Å². The fourth-order valence-corrected chi connectivity index (χ4v) is 7.19. The summed E-state index contributed by atoms with van der Waals surface area (Å²) in [6, 6.07) is 4.37. The third-order valence-corrected chi connectivity index (χ3v) is 11.0. The summed E-state index contributed by atoms with van der Waals surface area (Å²) in [6.07, 6.45) is -1.83. The first-order valence-corrected chi connectivity index (χ1v) is 23.2. The van der Waals surface area contributed by atoms with Gasteiger partial charge in [-0.15, -0.1) is 0 Å². The maximum atomic E-state index is 14.3. The maximum Gasteiger partial charge on any atom is 0.326 e. The molecule has 402 valence electrons. The molecule has 0 bridgehead atoms. The summed E-state index contributed by atoms with van der Waals surface area (Å²) in [7, 11) is 0. The molecule has 2 aromatic carbocycles. The first-order valence-electron chi connectivity index (χ1n) is 23.2. The number of carboxylic acids is 3. The third-order valence-electron chi connectivity index (χ3n) is 11.0. The number of aromatic nitrogens is 1. The SMILES string of the molecule is CC(C)CC(NC(=O)C(Cc1c[nH]c2ccccc12)NC(=O)C(Cc1ccccc1)NC(=O)C(CC(=O)O)NC(=O)C(CCC(N)=O)NC(=O)CNC(=O)CNC(=O)C(CCC(=O)O)NC(=O)C(N)CO)C(=O)O. The van der Waals surface area contributed by atoms with E-state index in [2.05, 4.69) is 47.5 Å². The van der Waals surface area contributed by atoms with Crippen molar-refractivity contribution in [3.63, 3.8) is 0 Å². The topological polar surface area (TPSA) is 450 Å². The van der Waals surface area contributed by atoms with Crippen LogP contribution in [0.25, 0.3) is 10.9 Å². The molecule has 7 atom stereocenters. The van der Waals surface area contributed by atoms with E-state index in [-0.39, 0.29) is 25.2 Å². The minimum Gasteiger partial charge on any atom is -0.481 e. The number of nitrogens with two attached hydrogens (primary N) is 2. The van der Waals surface area contributed by atoms with Gasteiger partial charge in [0.2, 0.25) is 53.2 Å². The molecule has 0 fully saturated rings. The lowest BCUT2D eigenvalue weighted by Crippen LogP contribution is -2.60. The molecule has 17 N–H and O–H groups in total. The normalized spacial score (nSPS) is 13.8. The standard InChI is InChI=1S/C47H63N11O16/c1-24(2)16-35(47(73)74)58-45(71)33(18-26-20-50-29-11-7-6-10-27(26)29)56-44(70)32(17-25-8-4-3-5-9-25)55-46(72)34(19-40(65)66)57-43(69)31(12-14-36(49)60)53-38(62)22-51-37(61)21-52-42(68)30(13-15-39(63)64)54-41(67)28(48)23-59/h3-11,20,24,28,30-35,50,59H,12-19,21-23,48H2,1-2H3,(H2,49,60)(H,51,61)(H,52,68)(H,53,62)(H,54,67)(H,55,72)(H,56,70)(H,57,69)(H,58,71)(H,63,64)(H,65,66)(H,73,74). The van der Waals surface area contributed by atoms with E-state index >= 15 is 0 Å². The fourth-order valence-electron chi connectivity index (χ4n) is 7.19. The number of carbonyl (C=O) groups is 12. The summed E-state index contributed by atoms with van der Waals surface area (Å²) in [5.74, 6) is -13.6. The largest absolute Gasteiger partial charge is 0.481 e. The molecule has 9 amide bonds. The van der Waals surface area contributed by atoms with Gasteiger partial charge >= 0.3 is 17.9 Å². The molecule has 27 heteroatoms. The Morgan fingerprint density at radius 1 is 0.568 bits per heavy atom. The van der Waals surface area contributed by atoms with E-state index in [0.29, 0.717) is 22.0 Å². The Hall–Kier alpha value is -8.46. The molecule has 0 saturated carbocycles. The molecule has 1 heterocycles. The molecule has 3 aromatic rings. The van der Waals surface area contributed by atoms with Crippen molar-refractivity contribution in [1.29, 1.82) is 0 Å². The van der Waals surface area contributed by atoms with Gasteiger partial charge in [-0.05, 0) is 42.4 Å². The second-order valence-electron chi connectivity index (χ2n) is 17.5. The number of carboxylic acid groups (broad SMARTS) is 3. The number of aromatic amines is 1. The molecule has 0 spiro atoms. The summed E-state index contributed by atoms with van der Waals surface area (Å²) in [5.41, 5.74) is 12.5. The first-order chi connectivity index (χ1) is 35.0. The number of primary amides is 1. The zero-order valence-corrected chi connectivity index (χ0v) is 40.5. The lowest BCUT2D eigenvalue weighted by atomic mass is 10.00. The van der Waals surface area contributed by atoms with Crippen molar-refractivity contribution in [2.45, 2.75) is 108 Å². The van der Waals surface area contributed by atoms with E-state index < -0.39 is 165 Å². The number of aliphatic hydroxyl groups is 1. The quantitative estimate of drug-likeness (QED) is 0.0285. The molecule has 0 saturated heterocycles. The highest BCUT2D eigenvalue weighted by atomic mass is 16.4. The van der Waals surface area contributed by atoms with Gasteiger partial charge in [0.1, 0.15) is 42.3 Å². The number of carbonyl (C=O) groups excluding carboxylic acids is 9. The number of nitrogens with one attached hydrogen (secondary N) is 9. The Morgan fingerprint density at radius 3 is 1.69 bits per heavy atom. The highest BCUT2D eigenvalue weighted by Crippen LogP contribution is 2.20. The Bertz CT molecular complexity index is 2500. The fraction of sp³-hybridized carbons (Fsp3) is 0.447. The number of aliphatic hydroxyl groups excluding tert-OH is 1. The van der Waals surface area contributed by atoms with E-state index in [4.69, 9.17) is 21.7 Å². The number of benzene rings is 2. The summed E-state index contributed by atoms with van der Waals surface area (Å²) in [5, 5.41) is 57.1. The smallest absolute Gasteiger partial charge is 0.326 e. The van der Waals surface area contributed by atoms with Crippen LogP contribution >= 0.6 is 0 Å². The Morgan fingerprint density at radius 2 is 1.09 bits per heavy atom. The first kappa shape index (κ1) is 59.8. The average molecular weight is 1040 g/mol. The van der Waals surface area contributed by atoms with Crippen LogP contribution in [0.1, 0.15) is 63.5 Å². The molecule has 0 radical (unpaired) electrons. The zero-order chi connectivity index (χ0) is 55.1. The predicted octanol–water partition coefficient (Wildman–Crippen LogP) is -3.85. The molecule has 0 aliphatic carbocycles. The van der Waals surface area contributed by atoms with Crippen LogP contribution in [-0.4, -0.2) is 158 Å². The molecule has 0 aliphatic heterocycles. The van der Waals surface area contributed by atoms with Crippen LogP contribution in [-0.2, 0) is 70.4 Å². The average Bonchev–Trinajstić information content (AvgIpc) is 3.75. The van der Waals surface area contributed by atoms with Crippen molar-refractivity contribution in [3.8, 4) is 0 Å². The minimum absolute atomic E-state index is 0.0533. The van der Waals surface area contributed by atoms with Gasteiger partial charge in [0.15, 0.2) is 0 Å². The van der Waals surface area contributed by atoms with Gasteiger partial charge < -0.3 is 79.4 Å². The van der Waals surface area contributed by atoms with Crippen LogP contribution in [0.5, 0.6) is 0 Å². The van der Waals surface area contributed by atoms with Gasteiger partial charge in [0.25, 0.3) is 0 Å². The van der Waals surface area contributed by atoms with E-state index in [1.54, 1.807) is 74.6 Å². The van der Waals surface area contributed by atoms with Crippen molar-refractivity contribution in [3.05, 3.63) is 71.9 Å². The van der Waals surface area contributed by atoms with Crippen LogP contribution in [0.4, 0.5) is 0 Å². The number of hydrogen-bond donors (Lipinski definition) is 15. The monoisotopic (exact) mass is 1040 g/mol. The lowest BCUT2D eigenvalue weighted by Gasteiger charge is -2.27. The second-order valence-corrected chi connectivity index (χ2v) is 17.5. The number of hydrogen-bond acceptors (Lipinski definition) is 14. The van der Waals surface area contributed by atoms with Crippen LogP contribution in [0.3, 0.4) is 0 Å². The molecule has 3 rings (SSSR count). The van der Waals surface area contributed by atoms with Crippen molar-refractivity contribution < 1.29 is 78.0 Å². The van der Waals surface area contributed by atoms with Crippen molar-refractivity contribution in [2.75, 3.05) is 19.7 Å². The van der Waals surface area contributed by atoms with Crippen LogP contribution in [0.15, 0.2) is 60.8 Å². The van der Waals surface area contributed by atoms with E-state index in [9.17, 15) is 67.7 Å². The van der Waals surface area contributed by atoms with Gasteiger partial charge in [-0.1, -0.05) is 62.4 Å².